The lowest BCUT2D eigenvalue weighted by molar-refractivity contribution is -0.138. The average Bonchev–Trinajstić information content (AvgIpc) is 3.26. The number of likely N-dealkylation sites (N-methyl/N-ethyl adjacent to an activating group) is 1. The second kappa shape index (κ2) is 24.2. The summed E-state index contributed by atoms with van der Waals surface area (Å²) in [6.07, 6.45) is 2.70. The summed E-state index contributed by atoms with van der Waals surface area (Å²) in [6, 6.07) is -0.896. The van der Waals surface area contributed by atoms with Gasteiger partial charge in [0.2, 0.25) is 35.4 Å². The maximum absolute atomic E-state index is 12.5. The molecular formula is C29H51N7O8S. The Bertz CT molecular complexity index is 984. The quantitative estimate of drug-likeness (QED) is 0.0376. The van der Waals surface area contributed by atoms with E-state index in [1.165, 1.54) is 11.8 Å². The Hall–Kier alpha value is -3.08. The third-order valence-electron chi connectivity index (χ3n) is 6.72. The van der Waals surface area contributed by atoms with Crippen LogP contribution in [0.5, 0.6) is 0 Å². The zero-order valence-corrected chi connectivity index (χ0v) is 27.4. The highest BCUT2D eigenvalue weighted by Crippen LogP contribution is 2.26. The molecule has 7 N–H and O–H groups in total. The Morgan fingerprint density at radius 2 is 1.56 bits per heavy atom. The monoisotopic (exact) mass is 657 g/mol. The van der Waals surface area contributed by atoms with Crippen LogP contribution >= 0.6 is 11.8 Å². The van der Waals surface area contributed by atoms with Crippen LogP contribution in [0.4, 0.5) is 0 Å². The first-order chi connectivity index (χ1) is 21.5. The summed E-state index contributed by atoms with van der Waals surface area (Å²) in [5, 5.41) is 17.9. The second-order valence-electron chi connectivity index (χ2n) is 10.6. The molecule has 16 heteroatoms. The highest BCUT2D eigenvalue weighted by molar-refractivity contribution is 8.00. The molecule has 6 amide bonds. The van der Waals surface area contributed by atoms with E-state index in [-0.39, 0.29) is 62.3 Å². The van der Waals surface area contributed by atoms with Crippen molar-refractivity contribution in [3.05, 3.63) is 0 Å². The fourth-order valence-corrected chi connectivity index (χ4v) is 5.34. The van der Waals surface area contributed by atoms with Gasteiger partial charge in [-0.05, 0) is 51.8 Å². The fraction of sp³-hybridized carbons (Fsp3) is 0.759. The van der Waals surface area contributed by atoms with Crippen molar-refractivity contribution < 1.29 is 38.2 Å². The van der Waals surface area contributed by atoms with E-state index in [1.54, 1.807) is 6.92 Å². The summed E-state index contributed by atoms with van der Waals surface area (Å²) >= 11 is 1.42. The van der Waals surface area contributed by atoms with Crippen molar-refractivity contribution in [1.29, 1.82) is 5.41 Å². The van der Waals surface area contributed by atoms with Crippen molar-refractivity contribution >= 4 is 52.9 Å². The van der Waals surface area contributed by atoms with Crippen LogP contribution < -0.4 is 27.0 Å². The van der Waals surface area contributed by atoms with Crippen LogP contribution in [0.15, 0.2) is 0 Å². The minimum Gasteiger partial charge on any atom is -0.378 e. The summed E-state index contributed by atoms with van der Waals surface area (Å²) in [7, 11) is 1.84. The predicted octanol–water partition coefficient (Wildman–Crippen LogP) is -0.537. The van der Waals surface area contributed by atoms with Crippen molar-refractivity contribution in [3.8, 4) is 0 Å². The first kappa shape index (κ1) is 39.9. The third-order valence-corrected chi connectivity index (χ3v) is 8.01. The Morgan fingerprint density at radius 1 is 0.911 bits per heavy atom. The lowest BCUT2D eigenvalue weighted by Crippen LogP contribution is -2.44. The van der Waals surface area contributed by atoms with Crippen LogP contribution in [0.2, 0.25) is 0 Å². The zero-order valence-electron chi connectivity index (χ0n) is 26.6. The second-order valence-corrected chi connectivity index (χ2v) is 11.9. The van der Waals surface area contributed by atoms with E-state index >= 15 is 0 Å². The summed E-state index contributed by atoms with van der Waals surface area (Å²) in [6.45, 7) is 4.94. The third kappa shape index (κ3) is 19.1. The van der Waals surface area contributed by atoms with E-state index in [0.717, 1.165) is 17.9 Å². The number of imide groups is 1. The molecule has 15 nitrogen and oxygen atoms in total. The van der Waals surface area contributed by atoms with Gasteiger partial charge in [0.15, 0.2) is 0 Å². The standard InChI is InChI=1S/C29H51N7O8S/c1-21(30)6-5-19-45-23-20-27(40)36(29(23)42)14-10-25(38)33-11-4-3-7-22(28(31)41)35-26(39)9-8-24(37)34-13-16-44-18-17-43-15-12-32-2/h22-23,30,32H,3-20H2,1-2H3,(H2,31,41)(H,33,38)(H,34,37)(H,35,39)/t22-,23?/m0/s1. The Balaban J connectivity index is 2.17. The van der Waals surface area contributed by atoms with E-state index in [2.05, 4.69) is 21.3 Å². The molecule has 0 bridgehead atoms. The number of thioether (sulfide) groups is 1. The molecule has 2 atom stereocenters. The highest BCUT2D eigenvalue weighted by atomic mass is 32.2. The molecule has 1 heterocycles. The summed E-state index contributed by atoms with van der Waals surface area (Å²) in [4.78, 5) is 74.2. The van der Waals surface area contributed by atoms with Crippen LogP contribution in [0, 0.1) is 5.41 Å². The predicted molar refractivity (Wildman–Crippen MR) is 171 cm³/mol. The van der Waals surface area contributed by atoms with Crippen LogP contribution in [-0.2, 0) is 38.2 Å². The smallest absolute Gasteiger partial charge is 0.242 e. The molecule has 0 aliphatic carbocycles. The summed E-state index contributed by atoms with van der Waals surface area (Å²) in [5.74, 6) is -1.63. The van der Waals surface area contributed by atoms with Crippen molar-refractivity contribution in [2.24, 2.45) is 5.73 Å². The van der Waals surface area contributed by atoms with Crippen molar-refractivity contribution in [2.45, 2.75) is 76.0 Å². The maximum atomic E-state index is 12.5. The summed E-state index contributed by atoms with van der Waals surface area (Å²) in [5.41, 5.74) is 6.01. The van der Waals surface area contributed by atoms with Crippen LogP contribution in [-0.4, -0.2) is 123 Å². The zero-order chi connectivity index (χ0) is 33.5. The van der Waals surface area contributed by atoms with Crippen molar-refractivity contribution in [1.82, 2.24) is 26.2 Å². The molecule has 1 rings (SSSR count). The van der Waals surface area contributed by atoms with Gasteiger partial charge in [-0.25, -0.2) is 0 Å². The molecule has 1 saturated heterocycles. The number of hydrogen-bond donors (Lipinski definition) is 6. The molecule has 1 aliphatic heterocycles. The molecule has 1 unspecified atom stereocenters. The molecular weight excluding hydrogens is 606 g/mol. The van der Waals surface area contributed by atoms with Crippen LogP contribution in [0.1, 0.15) is 64.7 Å². The molecule has 256 valence electrons. The van der Waals surface area contributed by atoms with Crippen LogP contribution in [0.3, 0.4) is 0 Å². The molecule has 45 heavy (non-hydrogen) atoms. The van der Waals surface area contributed by atoms with E-state index in [4.69, 9.17) is 20.6 Å². The van der Waals surface area contributed by atoms with Crippen molar-refractivity contribution in [3.63, 3.8) is 0 Å². The van der Waals surface area contributed by atoms with E-state index in [1.807, 2.05) is 7.05 Å². The van der Waals surface area contributed by atoms with Crippen LogP contribution in [0.25, 0.3) is 0 Å². The van der Waals surface area contributed by atoms with E-state index in [9.17, 15) is 28.8 Å². The number of rotatable bonds is 27. The number of nitrogens with two attached hydrogens (primary N) is 1. The Labute approximate surface area is 269 Å². The van der Waals surface area contributed by atoms with Gasteiger partial charge in [0.25, 0.3) is 0 Å². The molecule has 0 spiro atoms. The summed E-state index contributed by atoms with van der Waals surface area (Å²) < 4.78 is 10.7. The molecule has 1 fully saturated rings. The maximum Gasteiger partial charge on any atom is 0.242 e. The first-order valence-electron chi connectivity index (χ1n) is 15.5. The molecule has 0 saturated carbocycles. The van der Waals surface area contributed by atoms with Gasteiger partial charge in [0.05, 0.1) is 31.7 Å². The van der Waals surface area contributed by atoms with Gasteiger partial charge in [-0.3, -0.25) is 33.7 Å². The number of carbonyl (C=O) groups is 6. The number of hydrogen-bond acceptors (Lipinski definition) is 11. The van der Waals surface area contributed by atoms with Gasteiger partial charge < -0.3 is 41.9 Å². The van der Waals surface area contributed by atoms with E-state index < -0.39 is 23.1 Å². The Morgan fingerprint density at radius 3 is 2.22 bits per heavy atom. The number of carbonyl (C=O) groups excluding carboxylic acids is 6. The van der Waals surface area contributed by atoms with Gasteiger partial charge in [-0.15, -0.1) is 11.8 Å². The highest BCUT2D eigenvalue weighted by Gasteiger charge is 2.38. The normalized spacial score (nSPS) is 15.2. The number of likely N-dealkylation sites (tertiary alicyclic amines) is 1. The first-order valence-corrected chi connectivity index (χ1v) is 16.5. The molecule has 0 aromatic carbocycles. The number of unbranched alkanes of at least 4 members (excludes halogenated alkanes) is 1. The number of nitrogens with one attached hydrogen (secondary N) is 5. The van der Waals surface area contributed by atoms with Gasteiger partial charge in [-0.1, -0.05) is 0 Å². The van der Waals surface area contributed by atoms with Gasteiger partial charge in [-0.2, -0.15) is 0 Å². The number of amides is 6. The lowest BCUT2D eigenvalue weighted by atomic mass is 10.1. The fourth-order valence-electron chi connectivity index (χ4n) is 4.21. The number of primary amides is 1. The van der Waals surface area contributed by atoms with Gasteiger partial charge >= 0.3 is 0 Å². The molecule has 0 radical (unpaired) electrons. The SMILES string of the molecule is CNCCOCCOCCNC(=O)CCC(=O)N[C@@H](CCCCNC(=O)CCN1C(=O)CC(SCCCC(C)=N)C1=O)C(N)=O. The number of ether oxygens (including phenoxy) is 2. The van der Waals surface area contributed by atoms with Gasteiger partial charge in [0, 0.05) is 57.6 Å². The lowest BCUT2D eigenvalue weighted by Gasteiger charge is -2.16. The molecule has 0 aromatic heterocycles. The molecule has 1 aliphatic rings. The minimum absolute atomic E-state index is 0.00534. The van der Waals surface area contributed by atoms with Gasteiger partial charge in [0.1, 0.15) is 6.04 Å². The average molecular weight is 658 g/mol. The van der Waals surface area contributed by atoms with Crippen molar-refractivity contribution in [2.75, 3.05) is 65.4 Å². The topological polar surface area (TPSA) is 222 Å². The molecule has 0 aromatic rings. The largest absolute Gasteiger partial charge is 0.378 e. The minimum atomic E-state index is -0.896. The Kier molecular flexibility index (Phi) is 21.5. The number of nitrogens with zero attached hydrogens (tertiary/aromatic N) is 1. The van der Waals surface area contributed by atoms with E-state index in [0.29, 0.717) is 70.2 Å².